The molecule has 0 aliphatic rings. The quantitative estimate of drug-likeness (QED) is 0.551. The zero-order chi connectivity index (χ0) is 20.9. The fourth-order valence-electron chi connectivity index (χ4n) is 2.89. The lowest BCUT2D eigenvalue weighted by Crippen LogP contribution is -2.35. The number of anilines is 1. The van der Waals surface area contributed by atoms with Crippen molar-refractivity contribution in [3.8, 4) is 0 Å². The Balaban J connectivity index is 2.03. The van der Waals surface area contributed by atoms with Gasteiger partial charge in [-0.25, -0.2) is 22.7 Å². The number of likely N-dealkylation sites (N-methyl/N-ethyl adjacent to an activating group) is 1. The van der Waals surface area contributed by atoms with Crippen LogP contribution in [0, 0.1) is 6.92 Å². The maximum Gasteiger partial charge on any atom is 0.216 e. The van der Waals surface area contributed by atoms with Crippen molar-refractivity contribution in [3.63, 3.8) is 0 Å². The lowest BCUT2D eigenvalue weighted by Gasteiger charge is -2.19. The first-order valence-corrected chi connectivity index (χ1v) is 10.8. The monoisotopic (exact) mass is 413 g/mol. The molecule has 0 fully saturated rings. The molecule has 0 aliphatic heterocycles. The number of fused-ring (bicyclic) bond motifs is 1. The number of hydrogen-bond donors (Lipinski definition) is 1. The number of rotatable bonds is 11. The SMILES string of the molecule is COCCc1nc2c(N)nc(C)cc2n1CCOCCN(C)S(=O)(=O)C(C)C. The van der Waals surface area contributed by atoms with Crippen LogP contribution in [0.25, 0.3) is 11.0 Å². The summed E-state index contributed by atoms with van der Waals surface area (Å²) in [7, 11) is -0.0357. The molecule has 158 valence electrons. The maximum absolute atomic E-state index is 12.1. The summed E-state index contributed by atoms with van der Waals surface area (Å²) in [5, 5.41) is -0.444. The molecule has 0 radical (unpaired) electrons. The number of imidazole rings is 1. The molecule has 2 N–H and O–H groups in total. The number of nitrogens with two attached hydrogens (primary N) is 1. The van der Waals surface area contributed by atoms with E-state index in [9.17, 15) is 8.42 Å². The first kappa shape index (κ1) is 22.5. The predicted molar refractivity (Wildman–Crippen MR) is 110 cm³/mol. The Morgan fingerprint density at radius 2 is 1.96 bits per heavy atom. The number of sulfonamides is 1. The van der Waals surface area contributed by atoms with E-state index in [0.29, 0.717) is 50.7 Å². The van der Waals surface area contributed by atoms with Crippen molar-refractivity contribution in [2.75, 3.05) is 46.3 Å². The van der Waals surface area contributed by atoms with Crippen molar-refractivity contribution < 1.29 is 17.9 Å². The predicted octanol–water partition coefficient (Wildman–Crippen LogP) is 1.20. The molecule has 2 aromatic rings. The van der Waals surface area contributed by atoms with Gasteiger partial charge in [0.15, 0.2) is 5.82 Å². The molecule has 28 heavy (non-hydrogen) atoms. The first-order chi connectivity index (χ1) is 13.2. The smallest absolute Gasteiger partial charge is 0.216 e. The summed E-state index contributed by atoms with van der Waals surface area (Å²) < 4.78 is 38.4. The summed E-state index contributed by atoms with van der Waals surface area (Å²) in [6.45, 7) is 7.43. The Morgan fingerprint density at radius 1 is 1.25 bits per heavy atom. The Hall–Kier alpha value is -1.75. The van der Waals surface area contributed by atoms with Crippen LogP contribution in [0.1, 0.15) is 25.4 Å². The first-order valence-electron chi connectivity index (χ1n) is 9.32. The van der Waals surface area contributed by atoms with Crippen LogP contribution in [-0.2, 0) is 32.5 Å². The van der Waals surface area contributed by atoms with Crippen molar-refractivity contribution in [3.05, 3.63) is 17.6 Å². The molecular formula is C18H31N5O4S. The fraction of sp³-hybridized carbons (Fsp3) is 0.667. The van der Waals surface area contributed by atoms with Crippen molar-refractivity contribution in [1.82, 2.24) is 18.8 Å². The average molecular weight is 414 g/mol. The number of methoxy groups -OCH3 is 1. The highest BCUT2D eigenvalue weighted by Gasteiger charge is 2.21. The van der Waals surface area contributed by atoms with Crippen LogP contribution in [0.15, 0.2) is 6.07 Å². The molecule has 0 saturated carbocycles. The minimum absolute atomic E-state index is 0.317. The molecule has 0 unspecified atom stereocenters. The van der Waals surface area contributed by atoms with Crippen LogP contribution < -0.4 is 5.73 Å². The molecular weight excluding hydrogens is 382 g/mol. The molecule has 2 heterocycles. The van der Waals surface area contributed by atoms with Crippen molar-refractivity contribution in [2.45, 2.75) is 39.0 Å². The van der Waals surface area contributed by atoms with Gasteiger partial charge in [0, 0.05) is 39.4 Å². The number of nitrogen functional groups attached to an aromatic ring is 1. The molecule has 10 heteroatoms. The Labute approximate surface area is 166 Å². The lowest BCUT2D eigenvalue weighted by atomic mass is 10.3. The van der Waals surface area contributed by atoms with Gasteiger partial charge in [0.2, 0.25) is 10.0 Å². The van der Waals surface area contributed by atoms with Crippen LogP contribution in [0.3, 0.4) is 0 Å². The Morgan fingerprint density at radius 3 is 2.61 bits per heavy atom. The van der Waals surface area contributed by atoms with Gasteiger partial charge in [0.1, 0.15) is 11.3 Å². The van der Waals surface area contributed by atoms with Gasteiger partial charge in [-0.1, -0.05) is 0 Å². The zero-order valence-electron chi connectivity index (χ0n) is 17.3. The second-order valence-electron chi connectivity index (χ2n) is 6.97. The molecule has 2 aromatic heterocycles. The molecule has 0 aromatic carbocycles. The second kappa shape index (κ2) is 9.64. The van der Waals surface area contributed by atoms with E-state index in [1.165, 1.54) is 4.31 Å². The molecule has 0 saturated heterocycles. The van der Waals surface area contributed by atoms with Gasteiger partial charge >= 0.3 is 0 Å². The topological polar surface area (TPSA) is 113 Å². The highest BCUT2D eigenvalue weighted by molar-refractivity contribution is 7.89. The van der Waals surface area contributed by atoms with Crippen molar-refractivity contribution in [1.29, 1.82) is 0 Å². The van der Waals surface area contributed by atoms with E-state index in [2.05, 4.69) is 14.5 Å². The summed E-state index contributed by atoms with van der Waals surface area (Å²) in [4.78, 5) is 8.90. The zero-order valence-corrected chi connectivity index (χ0v) is 18.1. The summed E-state index contributed by atoms with van der Waals surface area (Å²) in [5.41, 5.74) is 8.45. The number of ether oxygens (including phenoxy) is 2. The Bertz CT molecular complexity index is 895. The number of nitrogens with zero attached hydrogens (tertiary/aromatic N) is 4. The highest BCUT2D eigenvalue weighted by atomic mass is 32.2. The standard InChI is InChI=1S/C18H31N5O4S/c1-13(2)28(24,25)22(4)7-10-27-11-8-23-15-12-14(3)20-18(19)17(15)21-16(23)6-9-26-5/h12-13H,6-11H2,1-5H3,(H2,19,20). The van der Waals surface area contributed by atoms with Crippen LogP contribution in [0.5, 0.6) is 0 Å². The van der Waals surface area contributed by atoms with Gasteiger partial charge in [0.25, 0.3) is 0 Å². The number of pyridine rings is 1. The second-order valence-corrected chi connectivity index (χ2v) is 9.56. The third-order valence-corrected chi connectivity index (χ3v) is 6.78. The normalized spacial score (nSPS) is 12.5. The van der Waals surface area contributed by atoms with E-state index in [-0.39, 0.29) is 0 Å². The molecule has 0 atom stereocenters. The van der Waals surface area contributed by atoms with Crippen molar-refractivity contribution >= 4 is 26.9 Å². The number of hydrogen-bond acceptors (Lipinski definition) is 7. The van der Waals surface area contributed by atoms with Gasteiger partial charge in [-0.05, 0) is 26.8 Å². The highest BCUT2D eigenvalue weighted by Crippen LogP contribution is 2.22. The third kappa shape index (κ3) is 5.19. The lowest BCUT2D eigenvalue weighted by molar-refractivity contribution is 0.118. The third-order valence-electron chi connectivity index (χ3n) is 4.54. The van der Waals surface area contributed by atoms with E-state index in [1.807, 2.05) is 13.0 Å². The van der Waals surface area contributed by atoms with E-state index in [4.69, 9.17) is 15.2 Å². The molecule has 0 aliphatic carbocycles. The van der Waals surface area contributed by atoms with E-state index in [0.717, 1.165) is 17.0 Å². The van der Waals surface area contributed by atoms with Gasteiger partial charge in [-0.2, -0.15) is 0 Å². The summed E-state index contributed by atoms with van der Waals surface area (Å²) in [6.07, 6.45) is 0.652. The molecule has 9 nitrogen and oxygen atoms in total. The van der Waals surface area contributed by atoms with E-state index in [1.54, 1.807) is 28.0 Å². The van der Waals surface area contributed by atoms with Crippen LogP contribution in [0.2, 0.25) is 0 Å². The van der Waals surface area contributed by atoms with E-state index >= 15 is 0 Å². The number of aryl methyl sites for hydroxylation is 1. The van der Waals surface area contributed by atoms with Gasteiger partial charge < -0.3 is 19.8 Å². The summed E-state index contributed by atoms with van der Waals surface area (Å²) >= 11 is 0. The average Bonchev–Trinajstić information content (AvgIpc) is 2.97. The van der Waals surface area contributed by atoms with Crippen LogP contribution >= 0.6 is 0 Å². The largest absolute Gasteiger partial charge is 0.384 e. The van der Waals surface area contributed by atoms with E-state index < -0.39 is 15.3 Å². The summed E-state index contributed by atoms with van der Waals surface area (Å²) in [5.74, 6) is 1.27. The van der Waals surface area contributed by atoms with Gasteiger partial charge in [0.05, 0.1) is 30.6 Å². The van der Waals surface area contributed by atoms with Crippen LogP contribution in [0.4, 0.5) is 5.82 Å². The molecule has 2 rings (SSSR count). The van der Waals surface area contributed by atoms with Crippen molar-refractivity contribution in [2.24, 2.45) is 0 Å². The Kier molecular flexibility index (Phi) is 7.76. The summed E-state index contributed by atoms with van der Waals surface area (Å²) in [6, 6.07) is 1.96. The minimum Gasteiger partial charge on any atom is -0.384 e. The molecule has 0 bridgehead atoms. The van der Waals surface area contributed by atoms with Gasteiger partial charge in [-0.15, -0.1) is 0 Å². The molecule has 0 amide bonds. The fourth-order valence-corrected chi connectivity index (χ4v) is 3.94. The number of aromatic nitrogens is 3. The van der Waals surface area contributed by atoms with Gasteiger partial charge in [-0.3, -0.25) is 0 Å². The van der Waals surface area contributed by atoms with Crippen LogP contribution in [-0.4, -0.2) is 73.0 Å². The molecule has 0 spiro atoms. The minimum atomic E-state index is -3.26. The maximum atomic E-state index is 12.1.